The largest absolute Gasteiger partial charge is 0.504 e. The number of phenols is 1. The van der Waals surface area contributed by atoms with Gasteiger partial charge in [-0.05, 0) is 37.6 Å². The van der Waals surface area contributed by atoms with Crippen molar-refractivity contribution in [2.75, 3.05) is 13.7 Å². The topological polar surface area (TPSA) is 55.8 Å². The lowest BCUT2D eigenvalue weighted by molar-refractivity contribution is 0.0527. The van der Waals surface area contributed by atoms with Crippen molar-refractivity contribution in [3.8, 4) is 22.6 Å². The van der Waals surface area contributed by atoms with Gasteiger partial charge >= 0.3 is 5.97 Å². The minimum Gasteiger partial charge on any atom is -0.504 e. The summed E-state index contributed by atoms with van der Waals surface area (Å²) in [6.07, 6.45) is 0. The Kier molecular flexibility index (Phi) is 5.08. The van der Waals surface area contributed by atoms with Gasteiger partial charge in [-0.2, -0.15) is 0 Å². The Hall–Kier alpha value is -2.01. The van der Waals surface area contributed by atoms with Crippen molar-refractivity contribution in [2.45, 2.75) is 13.8 Å². The molecule has 0 bridgehead atoms. The minimum atomic E-state index is -0.421. The van der Waals surface area contributed by atoms with Crippen LogP contribution in [0.4, 0.5) is 0 Å². The molecule has 0 radical (unpaired) electrons. The van der Waals surface area contributed by atoms with E-state index < -0.39 is 5.97 Å². The molecule has 4 nitrogen and oxygen atoms in total. The number of ether oxygens (including phenoxy) is 2. The van der Waals surface area contributed by atoms with Gasteiger partial charge in [0.25, 0.3) is 0 Å². The van der Waals surface area contributed by atoms with E-state index in [1.165, 1.54) is 7.11 Å². The molecule has 0 fully saturated rings. The molecular weight excluding hydrogens is 348 g/mol. The van der Waals surface area contributed by atoms with Crippen molar-refractivity contribution in [2.24, 2.45) is 0 Å². The first kappa shape index (κ1) is 16.4. The van der Waals surface area contributed by atoms with E-state index in [-0.39, 0.29) is 12.4 Å². The second-order valence-corrected chi connectivity index (χ2v) is 5.55. The number of aromatic hydroxyl groups is 1. The summed E-state index contributed by atoms with van der Waals surface area (Å²) in [5.74, 6) is -0.0942. The van der Waals surface area contributed by atoms with Crippen molar-refractivity contribution in [3.05, 3.63) is 45.9 Å². The minimum absolute atomic E-state index is 0.0169. The van der Waals surface area contributed by atoms with Crippen LogP contribution < -0.4 is 4.74 Å². The summed E-state index contributed by atoms with van der Waals surface area (Å²) in [5, 5.41) is 10.5. The van der Waals surface area contributed by atoms with Crippen molar-refractivity contribution in [1.29, 1.82) is 0 Å². The summed E-state index contributed by atoms with van der Waals surface area (Å²) in [4.78, 5) is 12.2. The third-order valence-electron chi connectivity index (χ3n) is 3.33. The molecule has 0 aromatic heterocycles. The number of benzene rings is 2. The van der Waals surface area contributed by atoms with Gasteiger partial charge in [-0.25, -0.2) is 4.79 Å². The lowest BCUT2D eigenvalue weighted by Crippen LogP contribution is -2.07. The number of methoxy groups -OCH3 is 1. The van der Waals surface area contributed by atoms with Crippen LogP contribution >= 0.6 is 15.9 Å². The van der Waals surface area contributed by atoms with Gasteiger partial charge in [-0.3, -0.25) is 0 Å². The zero-order valence-corrected chi connectivity index (χ0v) is 14.2. The summed E-state index contributed by atoms with van der Waals surface area (Å²) in [5.41, 5.74) is 2.41. The second kappa shape index (κ2) is 6.83. The Morgan fingerprint density at radius 2 is 1.95 bits per heavy atom. The lowest BCUT2D eigenvalue weighted by atomic mass is 9.94. The molecule has 0 amide bonds. The van der Waals surface area contributed by atoms with Gasteiger partial charge in [-0.15, -0.1) is 0 Å². The third-order valence-corrected chi connectivity index (χ3v) is 3.99. The van der Waals surface area contributed by atoms with Gasteiger partial charge in [0, 0.05) is 15.6 Å². The summed E-state index contributed by atoms with van der Waals surface area (Å²) in [7, 11) is 1.48. The molecule has 0 aliphatic carbocycles. The molecule has 0 aliphatic heterocycles. The number of hydrogen-bond acceptors (Lipinski definition) is 4. The highest BCUT2D eigenvalue weighted by Gasteiger charge is 2.22. The van der Waals surface area contributed by atoms with Crippen LogP contribution in [-0.2, 0) is 4.74 Å². The zero-order chi connectivity index (χ0) is 16.3. The highest BCUT2D eigenvalue weighted by molar-refractivity contribution is 9.10. The van der Waals surface area contributed by atoms with Crippen molar-refractivity contribution in [1.82, 2.24) is 0 Å². The van der Waals surface area contributed by atoms with E-state index in [0.29, 0.717) is 26.9 Å². The fraction of sp³-hybridized carbons (Fsp3) is 0.235. The molecule has 2 aromatic rings. The van der Waals surface area contributed by atoms with E-state index in [1.807, 2.05) is 13.0 Å². The molecule has 0 heterocycles. The number of halogens is 1. The Morgan fingerprint density at radius 3 is 2.59 bits per heavy atom. The van der Waals surface area contributed by atoms with E-state index in [0.717, 1.165) is 5.56 Å². The molecule has 0 unspecified atom stereocenters. The van der Waals surface area contributed by atoms with Crippen LogP contribution in [0.3, 0.4) is 0 Å². The molecular formula is C17H17BrO4. The van der Waals surface area contributed by atoms with E-state index in [2.05, 4.69) is 15.9 Å². The molecule has 116 valence electrons. The lowest BCUT2D eigenvalue weighted by Gasteiger charge is -2.16. The van der Waals surface area contributed by atoms with Gasteiger partial charge < -0.3 is 14.6 Å². The molecule has 2 aromatic carbocycles. The van der Waals surface area contributed by atoms with Gasteiger partial charge in [0.1, 0.15) is 0 Å². The van der Waals surface area contributed by atoms with Crippen LogP contribution in [0.1, 0.15) is 22.8 Å². The van der Waals surface area contributed by atoms with Crippen LogP contribution in [0.15, 0.2) is 34.8 Å². The van der Waals surface area contributed by atoms with Crippen LogP contribution in [0, 0.1) is 6.92 Å². The first-order valence-electron chi connectivity index (χ1n) is 6.83. The van der Waals surface area contributed by atoms with Gasteiger partial charge in [0.2, 0.25) is 0 Å². The summed E-state index contributed by atoms with van der Waals surface area (Å²) >= 11 is 3.44. The number of hydrogen-bond donors (Lipinski definition) is 1. The molecule has 5 heteroatoms. The van der Waals surface area contributed by atoms with Crippen molar-refractivity contribution < 1.29 is 19.4 Å². The van der Waals surface area contributed by atoms with Gasteiger partial charge in [0.15, 0.2) is 11.5 Å². The van der Waals surface area contributed by atoms with Crippen LogP contribution in [0.2, 0.25) is 0 Å². The van der Waals surface area contributed by atoms with E-state index in [1.54, 1.807) is 31.2 Å². The number of carbonyl (C=O) groups is 1. The molecule has 0 aliphatic rings. The number of carbonyl (C=O) groups excluding carboxylic acids is 1. The third kappa shape index (κ3) is 2.95. The second-order valence-electron chi connectivity index (χ2n) is 4.69. The van der Waals surface area contributed by atoms with Crippen LogP contribution in [0.25, 0.3) is 11.1 Å². The molecule has 0 saturated heterocycles. The monoisotopic (exact) mass is 364 g/mol. The predicted molar refractivity (Wildman–Crippen MR) is 88.5 cm³/mol. The Labute approximate surface area is 137 Å². The number of rotatable bonds is 4. The SMILES string of the molecule is CCOC(=O)c1cccc(C)c1-c1c(Br)ccc(OC)c1O. The number of aryl methyl sites for hydroxylation is 1. The maximum absolute atomic E-state index is 12.2. The predicted octanol–water partition coefficient (Wildman–Crippen LogP) is 4.32. The fourth-order valence-corrected chi connectivity index (χ4v) is 2.85. The summed E-state index contributed by atoms with van der Waals surface area (Å²) in [6.45, 7) is 3.92. The molecule has 1 N–H and O–H groups in total. The molecule has 0 spiro atoms. The number of phenolic OH excluding ortho intramolecular Hbond substituents is 1. The van der Waals surface area contributed by atoms with Gasteiger partial charge in [0.05, 0.1) is 19.3 Å². The highest BCUT2D eigenvalue weighted by atomic mass is 79.9. The maximum atomic E-state index is 12.2. The van der Waals surface area contributed by atoms with E-state index in [4.69, 9.17) is 9.47 Å². The molecule has 0 atom stereocenters. The quantitative estimate of drug-likeness (QED) is 0.821. The maximum Gasteiger partial charge on any atom is 0.338 e. The Morgan fingerprint density at radius 1 is 1.23 bits per heavy atom. The molecule has 0 saturated carbocycles. The highest BCUT2D eigenvalue weighted by Crippen LogP contribution is 2.44. The summed E-state index contributed by atoms with van der Waals surface area (Å²) < 4.78 is 10.9. The fourth-order valence-electron chi connectivity index (χ4n) is 2.33. The molecule has 22 heavy (non-hydrogen) atoms. The van der Waals surface area contributed by atoms with E-state index in [9.17, 15) is 9.90 Å². The van der Waals surface area contributed by atoms with Crippen LogP contribution in [0.5, 0.6) is 11.5 Å². The number of esters is 1. The van der Waals surface area contributed by atoms with Gasteiger partial charge in [-0.1, -0.05) is 28.1 Å². The smallest absolute Gasteiger partial charge is 0.338 e. The first-order valence-corrected chi connectivity index (χ1v) is 7.63. The van der Waals surface area contributed by atoms with Crippen LogP contribution in [-0.4, -0.2) is 24.8 Å². The normalized spacial score (nSPS) is 10.4. The van der Waals surface area contributed by atoms with Crippen molar-refractivity contribution >= 4 is 21.9 Å². The van der Waals surface area contributed by atoms with Crippen molar-refractivity contribution in [3.63, 3.8) is 0 Å². The molecule has 2 rings (SSSR count). The Bertz CT molecular complexity index is 710. The Balaban J connectivity index is 2.75. The average Bonchev–Trinajstić information content (AvgIpc) is 2.49. The average molecular weight is 365 g/mol. The van der Waals surface area contributed by atoms with E-state index >= 15 is 0 Å². The standard InChI is InChI=1S/C17H17BrO4/c1-4-22-17(20)11-7-5-6-10(2)14(11)15-12(18)8-9-13(21-3)16(15)19/h5-9,19H,4H2,1-3H3. The first-order chi connectivity index (χ1) is 10.5. The zero-order valence-electron chi connectivity index (χ0n) is 12.6. The summed E-state index contributed by atoms with van der Waals surface area (Å²) in [6, 6.07) is 8.78.